The van der Waals surface area contributed by atoms with E-state index < -0.39 is 0 Å². The van der Waals surface area contributed by atoms with Gasteiger partial charge in [0.25, 0.3) is 0 Å². The Morgan fingerprint density at radius 3 is 2.28 bits per heavy atom. The van der Waals surface area contributed by atoms with Gasteiger partial charge in [-0.05, 0) is 117 Å². The van der Waals surface area contributed by atoms with Crippen molar-refractivity contribution in [2.24, 2.45) is 52.3 Å². The summed E-state index contributed by atoms with van der Waals surface area (Å²) >= 11 is 0. The molecular weight excluding hydrogens is 350 g/mol. The Kier molecular flexibility index (Phi) is 6.48. The second-order valence-electron chi connectivity index (χ2n) is 12.9. The van der Waals surface area contributed by atoms with Crippen molar-refractivity contribution in [1.29, 1.82) is 0 Å². The van der Waals surface area contributed by atoms with Crippen LogP contribution in [0.5, 0.6) is 0 Å². The summed E-state index contributed by atoms with van der Waals surface area (Å²) in [4.78, 5) is 0. The maximum absolute atomic E-state index is 3.61. The van der Waals surface area contributed by atoms with E-state index in [4.69, 9.17) is 0 Å². The van der Waals surface area contributed by atoms with Crippen LogP contribution in [0, 0.1) is 52.3 Å². The molecule has 0 amide bonds. The van der Waals surface area contributed by atoms with E-state index in [0.717, 1.165) is 47.5 Å². The Morgan fingerprint density at radius 1 is 0.828 bits per heavy atom. The van der Waals surface area contributed by atoms with Gasteiger partial charge in [-0.2, -0.15) is 0 Å². The molecule has 0 spiro atoms. The molecule has 0 aromatic carbocycles. The Balaban J connectivity index is 1.45. The Morgan fingerprint density at radius 2 is 1.55 bits per heavy atom. The number of rotatable bonds is 6. The fourth-order valence-electron chi connectivity index (χ4n) is 9.54. The molecule has 0 aromatic rings. The predicted molar refractivity (Wildman–Crippen MR) is 126 cm³/mol. The first-order valence-corrected chi connectivity index (χ1v) is 13.5. The van der Waals surface area contributed by atoms with Crippen molar-refractivity contribution in [1.82, 2.24) is 5.32 Å². The molecule has 0 aromatic heterocycles. The first kappa shape index (κ1) is 22.2. The molecule has 0 heterocycles. The lowest BCUT2D eigenvalue weighted by molar-refractivity contribution is -0.117. The summed E-state index contributed by atoms with van der Waals surface area (Å²) in [5, 5.41) is 3.61. The molecule has 0 saturated heterocycles. The van der Waals surface area contributed by atoms with E-state index in [2.05, 4.69) is 47.0 Å². The molecule has 0 bridgehead atoms. The third-order valence-corrected chi connectivity index (χ3v) is 11.3. The van der Waals surface area contributed by atoms with Crippen LogP contribution in [0.2, 0.25) is 0 Å². The van der Waals surface area contributed by atoms with Gasteiger partial charge in [0, 0.05) is 6.04 Å². The van der Waals surface area contributed by atoms with E-state index in [1.807, 2.05) is 0 Å². The third kappa shape index (κ3) is 3.85. The third-order valence-electron chi connectivity index (χ3n) is 11.3. The molecule has 4 rings (SSSR count). The van der Waals surface area contributed by atoms with E-state index in [0.29, 0.717) is 10.8 Å². The summed E-state index contributed by atoms with van der Waals surface area (Å²) in [5.41, 5.74) is 1.31. The molecule has 0 aliphatic heterocycles. The zero-order valence-corrected chi connectivity index (χ0v) is 20.6. The van der Waals surface area contributed by atoms with E-state index in [1.54, 1.807) is 19.3 Å². The fourth-order valence-corrected chi connectivity index (χ4v) is 9.54. The van der Waals surface area contributed by atoms with Gasteiger partial charge in [-0.15, -0.1) is 0 Å². The first-order chi connectivity index (χ1) is 13.8. The number of fused-ring (bicyclic) bond motifs is 5. The standard InChI is InChI=1S/C28H51N/c1-19(2)8-7-9-20(3)24-12-13-25-23-11-10-21-18-22(29-6)14-16-27(21,4)26(23)15-17-28(24,25)5/h19-26,29H,7-18H2,1-6H3/t20-,21+,22+,23?,24?,25?,26?,27?,28?/m1/s1. The SMILES string of the molecule is CN[C@H]1CCC2(C)C3CCC4(C)C(CCC4[C@H](C)CCCC(C)C)C3CC[C@H]2C1. The summed E-state index contributed by atoms with van der Waals surface area (Å²) in [5.74, 6) is 6.94. The molecule has 4 aliphatic rings. The van der Waals surface area contributed by atoms with Crippen LogP contribution in [0.1, 0.15) is 112 Å². The Hall–Kier alpha value is -0.0400. The van der Waals surface area contributed by atoms with Gasteiger partial charge in [0.1, 0.15) is 0 Å². The van der Waals surface area contributed by atoms with Gasteiger partial charge in [0.05, 0.1) is 0 Å². The van der Waals surface area contributed by atoms with Crippen molar-refractivity contribution in [2.45, 2.75) is 118 Å². The molecule has 9 atom stereocenters. The van der Waals surface area contributed by atoms with Crippen LogP contribution in [0.15, 0.2) is 0 Å². The van der Waals surface area contributed by atoms with Gasteiger partial charge < -0.3 is 5.32 Å². The Labute approximate surface area is 182 Å². The second kappa shape index (κ2) is 8.48. The van der Waals surface area contributed by atoms with Crippen molar-refractivity contribution in [3.8, 4) is 0 Å². The van der Waals surface area contributed by atoms with E-state index in [1.165, 1.54) is 57.8 Å². The molecule has 4 saturated carbocycles. The van der Waals surface area contributed by atoms with Gasteiger partial charge in [-0.1, -0.05) is 53.9 Å². The summed E-state index contributed by atoms with van der Waals surface area (Å²) in [6.07, 6.45) is 18.0. The minimum absolute atomic E-state index is 0.651. The lowest BCUT2D eigenvalue weighted by Gasteiger charge is -2.61. The van der Waals surface area contributed by atoms with Crippen molar-refractivity contribution < 1.29 is 0 Å². The van der Waals surface area contributed by atoms with Gasteiger partial charge in [0.15, 0.2) is 0 Å². The number of hydrogen-bond acceptors (Lipinski definition) is 1. The van der Waals surface area contributed by atoms with Crippen LogP contribution < -0.4 is 5.32 Å². The lowest BCUT2D eigenvalue weighted by Crippen LogP contribution is -2.55. The highest BCUT2D eigenvalue weighted by molar-refractivity contribution is 5.10. The molecule has 1 nitrogen and oxygen atoms in total. The molecule has 1 N–H and O–H groups in total. The predicted octanol–water partition coefficient (Wildman–Crippen LogP) is 7.70. The minimum Gasteiger partial charge on any atom is -0.317 e. The van der Waals surface area contributed by atoms with Crippen molar-refractivity contribution in [3.05, 3.63) is 0 Å². The van der Waals surface area contributed by atoms with Crippen LogP contribution >= 0.6 is 0 Å². The van der Waals surface area contributed by atoms with Crippen molar-refractivity contribution in [3.63, 3.8) is 0 Å². The highest BCUT2D eigenvalue weighted by atomic mass is 14.9. The zero-order chi connectivity index (χ0) is 20.8. The number of nitrogens with one attached hydrogen (secondary N) is 1. The molecular formula is C28H51N. The summed E-state index contributed by atoms with van der Waals surface area (Å²) in [6.45, 7) is 12.9. The average Bonchev–Trinajstić information content (AvgIpc) is 3.04. The maximum atomic E-state index is 3.61. The van der Waals surface area contributed by atoms with E-state index in [9.17, 15) is 0 Å². The van der Waals surface area contributed by atoms with Crippen LogP contribution in [0.4, 0.5) is 0 Å². The van der Waals surface area contributed by atoms with Crippen molar-refractivity contribution in [2.75, 3.05) is 7.05 Å². The largest absolute Gasteiger partial charge is 0.317 e. The quantitative estimate of drug-likeness (QED) is 0.481. The van der Waals surface area contributed by atoms with E-state index in [-0.39, 0.29) is 0 Å². The maximum Gasteiger partial charge on any atom is 0.00671 e. The summed E-state index contributed by atoms with van der Waals surface area (Å²) in [6, 6.07) is 0.793. The molecule has 4 aliphatic carbocycles. The average molecular weight is 402 g/mol. The zero-order valence-electron chi connectivity index (χ0n) is 20.6. The fraction of sp³-hybridized carbons (Fsp3) is 1.00. The van der Waals surface area contributed by atoms with Crippen LogP contribution in [0.25, 0.3) is 0 Å². The topological polar surface area (TPSA) is 12.0 Å². The molecule has 29 heavy (non-hydrogen) atoms. The molecule has 6 unspecified atom stereocenters. The highest BCUT2D eigenvalue weighted by Gasteiger charge is 2.60. The number of hydrogen-bond donors (Lipinski definition) is 1. The van der Waals surface area contributed by atoms with Gasteiger partial charge >= 0.3 is 0 Å². The smallest absolute Gasteiger partial charge is 0.00671 e. The van der Waals surface area contributed by atoms with Crippen molar-refractivity contribution >= 4 is 0 Å². The first-order valence-electron chi connectivity index (χ1n) is 13.5. The monoisotopic (exact) mass is 401 g/mol. The summed E-state index contributed by atoms with van der Waals surface area (Å²) in [7, 11) is 2.19. The molecule has 0 radical (unpaired) electrons. The Bertz CT molecular complexity index is 555. The van der Waals surface area contributed by atoms with Gasteiger partial charge in [0.2, 0.25) is 0 Å². The molecule has 168 valence electrons. The van der Waals surface area contributed by atoms with Crippen LogP contribution in [0.3, 0.4) is 0 Å². The second-order valence-corrected chi connectivity index (χ2v) is 12.9. The van der Waals surface area contributed by atoms with E-state index >= 15 is 0 Å². The van der Waals surface area contributed by atoms with Crippen LogP contribution in [-0.4, -0.2) is 13.1 Å². The minimum atomic E-state index is 0.651. The lowest BCUT2D eigenvalue weighted by atomic mass is 9.44. The molecule has 1 heteroatoms. The van der Waals surface area contributed by atoms with Gasteiger partial charge in [-0.3, -0.25) is 0 Å². The summed E-state index contributed by atoms with van der Waals surface area (Å²) < 4.78 is 0. The van der Waals surface area contributed by atoms with Crippen LogP contribution in [-0.2, 0) is 0 Å². The molecule has 4 fully saturated rings. The normalized spacial score (nSPS) is 48.1. The van der Waals surface area contributed by atoms with Gasteiger partial charge in [-0.25, -0.2) is 0 Å². The highest BCUT2D eigenvalue weighted by Crippen LogP contribution is 2.68.